The van der Waals surface area contributed by atoms with E-state index in [4.69, 9.17) is 5.11 Å². The highest BCUT2D eigenvalue weighted by Crippen LogP contribution is 2.33. The lowest BCUT2D eigenvalue weighted by Gasteiger charge is -2.25. The highest BCUT2D eigenvalue weighted by atomic mass is 16.4. The summed E-state index contributed by atoms with van der Waals surface area (Å²) in [6, 6.07) is 0. The van der Waals surface area contributed by atoms with E-state index < -0.39 is 11.4 Å². The molecule has 0 fully saturated rings. The van der Waals surface area contributed by atoms with Gasteiger partial charge in [0.2, 0.25) is 0 Å². The van der Waals surface area contributed by atoms with Crippen molar-refractivity contribution in [3.8, 4) is 0 Å². The van der Waals surface area contributed by atoms with E-state index in [1.165, 1.54) is 16.7 Å². The van der Waals surface area contributed by atoms with Crippen LogP contribution < -0.4 is 0 Å². The molecule has 1 N–H and O–H groups in total. The summed E-state index contributed by atoms with van der Waals surface area (Å²) < 4.78 is 0. The molecule has 0 radical (unpaired) electrons. The minimum Gasteiger partial charge on any atom is -0.481 e. The standard InChI is InChI=1S/C16H24O2/c1-11(2)13-7-6-12(3)14(10-13)8-9-16(4,5)15(17)18/h6,8,13H,1,7,9-10H2,2-5H3,(H,17,18)/b14-8+/t13-/m1/s1. The Morgan fingerprint density at radius 2 is 2.22 bits per heavy atom. The zero-order chi connectivity index (χ0) is 13.9. The second kappa shape index (κ2) is 5.55. The maximum Gasteiger partial charge on any atom is 0.309 e. The number of carbonyl (C=O) groups is 1. The molecule has 0 heterocycles. The second-order valence-electron chi connectivity index (χ2n) is 5.99. The van der Waals surface area contributed by atoms with Crippen molar-refractivity contribution in [2.45, 2.75) is 47.0 Å². The van der Waals surface area contributed by atoms with E-state index in [-0.39, 0.29) is 0 Å². The summed E-state index contributed by atoms with van der Waals surface area (Å²) in [6.07, 6.45) is 6.96. The Bertz CT molecular complexity index is 411. The molecular weight excluding hydrogens is 224 g/mol. The third-order valence-corrected chi connectivity index (χ3v) is 3.82. The average Bonchev–Trinajstić information content (AvgIpc) is 2.27. The van der Waals surface area contributed by atoms with E-state index in [0.717, 1.165) is 12.8 Å². The van der Waals surface area contributed by atoms with E-state index in [1.807, 2.05) is 0 Å². The molecular formula is C16H24O2. The predicted molar refractivity (Wildman–Crippen MR) is 75.4 cm³/mol. The fraction of sp³-hybridized carbons (Fsp3) is 0.562. The van der Waals surface area contributed by atoms with Gasteiger partial charge in [-0.2, -0.15) is 0 Å². The zero-order valence-corrected chi connectivity index (χ0v) is 11.9. The van der Waals surface area contributed by atoms with Crippen molar-refractivity contribution >= 4 is 5.97 Å². The summed E-state index contributed by atoms with van der Waals surface area (Å²) in [5, 5.41) is 9.12. The first-order valence-corrected chi connectivity index (χ1v) is 6.49. The van der Waals surface area contributed by atoms with E-state index >= 15 is 0 Å². The molecule has 1 atom stereocenters. The molecule has 0 aromatic heterocycles. The highest BCUT2D eigenvalue weighted by Gasteiger charge is 2.26. The van der Waals surface area contributed by atoms with Gasteiger partial charge in [-0.1, -0.05) is 29.9 Å². The van der Waals surface area contributed by atoms with Crippen LogP contribution in [-0.4, -0.2) is 11.1 Å². The Labute approximate surface area is 110 Å². The van der Waals surface area contributed by atoms with Crippen molar-refractivity contribution in [1.82, 2.24) is 0 Å². The van der Waals surface area contributed by atoms with Crippen molar-refractivity contribution in [1.29, 1.82) is 0 Å². The van der Waals surface area contributed by atoms with Crippen molar-refractivity contribution < 1.29 is 9.90 Å². The molecule has 0 bridgehead atoms. The molecule has 1 rings (SSSR count). The number of allylic oxidation sites excluding steroid dienone is 5. The van der Waals surface area contributed by atoms with Crippen LogP contribution in [0.4, 0.5) is 0 Å². The van der Waals surface area contributed by atoms with Crippen LogP contribution in [0.15, 0.2) is 35.5 Å². The third kappa shape index (κ3) is 3.59. The lowest BCUT2D eigenvalue weighted by Crippen LogP contribution is -2.23. The van der Waals surface area contributed by atoms with Crippen LogP contribution in [-0.2, 0) is 4.79 Å². The van der Waals surface area contributed by atoms with Gasteiger partial charge in [-0.05, 0) is 58.4 Å². The molecule has 0 saturated heterocycles. The van der Waals surface area contributed by atoms with Crippen LogP contribution in [0.2, 0.25) is 0 Å². The van der Waals surface area contributed by atoms with E-state index in [0.29, 0.717) is 12.3 Å². The molecule has 1 aliphatic carbocycles. The van der Waals surface area contributed by atoms with Crippen LogP contribution in [0.25, 0.3) is 0 Å². The summed E-state index contributed by atoms with van der Waals surface area (Å²) in [5.74, 6) is -0.235. The number of carboxylic acid groups (broad SMARTS) is 1. The van der Waals surface area contributed by atoms with Gasteiger partial charge in [0.15, 0.2) is 0 Å². The summed E-state index contributed by atoms with van der Waals surface area (Å²) in [5.41, 5.74) is 3.09. The van der Waals surface area contributed by atoms with Crippen LogP contribution in [0, 0.1) is 11.3 Å². The Morgan fingerprint density at radius 3 is 2.72 bits per heavy atom. The van der Waals surface area contributed by atoms with Gasteiger partial charge in [0.05, 0.1) is 5.41 Å². The molecule has 2 nitrogen and oxygen atoms in total. The van der Waals surface area contributed by atoms with Crippen molar-refractivity contribution in [2.75, 3.05) is 0 Å². The maximum absolute atomic E-state index is 11.1. The first kappa shape index (κ1) is 14.7. The summed E-state index contributed by atoms with van der Waals surface area (Å²) in [7, 11) is 0. The van der Waals surface area contributed by atoms with Crippen LogP contribution in [0.3, 0.4) is 0 Å². The molecule has 0 aromatic rings. The quantitative estimate of drug-likeness (QED) is 0.751. The topological polar surface area (TPSA) is 37.3 Å². The minimum absolute atomic E-state index is 0.507. The molecule has 0 amide bonds. The summed E-state index contributed by atoms with van der Waals surface area (Å²) in [6.45, 7) is 11.7. The van der Waals surface area contributed by atoms with Crippen molar-refractivity contribution in [2.24, 2.45) is 11.3 Å². The fourth-order valence-corrected chi connectivity index (χ4v) is 2.05. The molecule has 0 saturated carbocycles. The lowest BCUT2D eigenvalue weighted by atomic mass is 9.80. The SMILES string of the molecule is C=C(C)[C@@H]1CC=C(C)/C(=C/CC(C)(C)C(=O)O)C1. The number of aliphatic carboxylic acids is 1. The monoisotopic (exact) mass is 248 g/mol. The Kier molecular flexibility index (Phi) is 4.55. The number of carboxylic acids is 1. The normalized spacial score (nSPS) is 22.8. The first-order valence-electron chi connectivity index (χ1n) is 6.49. The van der Waals surface area contributed by atoms with E-state index in [9.17, 15) is 4.79 Å². The molecule has 0 aromatic carbocycles. The molecule has 100 valence electrons. The van der Waals surface area contributed by atoms with Gasteiger partial charge in [-0.25, -0.2) is 0 Å². The van der Waals surface area contributed by atoms with Gasteiger partial charge in [-0.15, -0.1) is 0 Å². The summed E-state index contributed by atoms with van der Waals surface area (Å²) >= 11 is 0. The largest absolute Gasteiger partial charge is 0.481 e. The average molecular weight is 248 g/mol. The Hall–Kier alpha value is -1.31. The third-order valence-electron chi connectivity index (χ3n) is 3.82. The minimum atomic E-state index is -0.742. The van der Waals surface area contributed by atoms with Gasteiger partial charge in [0.1, 0.15) is 0 Å². The van der Waals surface area contributed by atoms with Crippen LogP contribution in [0.1, 0.15) is 47.0 Å². The van der Waals surface area contributed by atoms with Gasteiger partial charge < -0.3 is 5.11 Å². The summed E-state index contributed by atoms with van der Waals surface area (Å²) in [4.78, 5) is 11.1. The van der Waals surface area contributed by atoms with Crippen LogP contribution >= 0.6 is 0 Å². The first-order chi connectivity index (χ1) is 8.24. The predicted octanol–water partition coefficient (Wildman–Crippen LogP) is 4.35. The number of rotatable bonds is 4. The Morgan fingerprint density at radius 1 is 1.61 bits per heavy atom. The molecule has 0 unspecified atom stereocenters. The highest BCUT2D eigenvalue weighted by molar-refractivity contribution is 5.73. The molecule has 0 aliphatic heterocycles. The van der Waals surface area contributed by atoms with Crippen LogP contribution in [0.5, 0.6) is 0 Å². The van der Waals surface area contributed by atoms with Gasteiger partial charge in [0.25, 0.3) is 0 Å². The lowest BCUT2D eigenvalue weighted by molar-refractivity contribution is -0.146. The molecule has 0 spiro atoms. The molecule has 2 heteroatoms. The van der Waals surface area contributed by atoms with Gasteiger partial charge >= 0.3 is 5.97 Å². The molecule has 18 heavy (non-hydrogen) atoms. The van der Waals surface area contributed by atoms with E-state index in [2.05, 4.69) is 32.6 Å². The van der Waals surface area contributed by atoms with Gasteiger partial charge in [0, 0.05) is 0 Å². The number of hydrogen-bond acceptors (Lipinski definition) is 1. The smallest absolute Gasteiger partial charge is 0.309 e. The zero-order valence-electron chi connectivity index (χ0n) is 11.9. The second-order valence-corrected chi connectivity index (χ2v) is 5.99. The van der Waals surface area contributed by atoms with Gasteiger partial charge in [-0.3, -0.25) is 4.79 Å². The van der Waals surface area contributed by atoms with E-state index in [1.54, 1.807) is 13.8 Å². The maximum atomic E-state index is 11.1. The number of hydrogen-bond donors (Lipinski definition) is 1. The van der Waals surface area contributed by atoms with Crippen molar-refractivity contribution in [3.63, 3.8) is 0 Å². The molecule has 1 aliphatic rings. The van der Waals surface area contributed by atoms with Crippen molar-refractivity contribution in [3.05, 3.63) is 35.5 Å². The fourth-order valence-electron chi connectivity index (χ4n) is 2.05. The Balaban J connectivity index is 2.82.